The number of carbonyl (C=O) groups is 1. The van der Waals surface area contributed by atoms with Crippen molar-refractivity contribution >= 4 is 5.91 Å². The van der Waals surface area contributed by atoms with Crippen LogP contribution in [0.5, 0.6) is 0 Å². The van der Waals surface area contributed by atoms with E-state index in [1.807, 2.05) is 6.92 Å². The minimum Gasteiger partial charge on any atom is -0.394 e. The third kappa shape index (κ3) is 5.44. The van der Waals surface area contributed by atoms with Crippen LogP contribution in [0, 0.1) is 0 Å². The van der Waals surface area contributed by atoms with Crippen LogP contribution in [0.2, 0.25) is 0 Å². The highest BCUT2D eigenvalue weighted by Gasteiger charge is 2.50. The SMILES string of the molecule is CCCC(N)C(=O)NC1OC(CO)C(OC2OC(CO)C(O)C(O)C2O)C(O)C1O. The molecule has 11 atom stereocenters. The van der Waals surface area contributed by atoms with Gasteiger partial charge in [0.1, 0.15) is 48.8 Å². The van der Waals surface area contributed by atoms with Crippen molar-refractivity contribution in [2.75, 3.05) is 13.2 Å². The molecule has 2 aliphatic heterocycles. The van der Waals surface area contributed by atoms with Gasteiger partial charge >= 0.3 is 0 Å². The van der Waals surface area contributed by atoms with E-state index < -0.39 is 86.5 Å². The van der Waals surface area contributed by atoms with Crippen LogP contribution >= 0.6 is 0 Å². The third-order valence-corrected chi connectivity index (χ3v) is 5.23. The first-order valence-electron chi connectivity index (χ1n) is 9.80. The van der Waals surface area contributed by atoms with Crippen LogP contribution < -0.4 is 11.1 Å². The van der Waals surface area contributed by atoms with E-state index in [0.717, 1.165) is 0 Å². The van der Waals surface area contributed by atoms with Crippen LogP contribution in [-0.4, -0.2) is 122 Å². The maximum atomic E-state index is 12.1. The van der Waals surface area contributed by atoms with Gasteiger partial charge in [-0.3, -0.25) is 4.79 Å². The number of ether oxygens (including phenoxy) is 3. The van der Waals surface area contributed by atoms with Gasteiger partial charge in [-0.05, 0) is 6.42 Å². The Bertz CT molecular complexity index is 552. The summed E-state index contributed by atoms with van der Waals surface area (Å²) in [5.41, 5.74) is 5.71. The molecule has 0 bridgehead atoms. The Balaban J connectivity index is 2.08. The predicted octanol–water partition coefficient (Wildman–Crippen LogP) is -5.15. The van der Waals surface area contributed by atoms with Crippen LogP contribution in [0.3, 0.4) is 0 Å². The second kappa shape index (κ2) is 11.1. The topological polar surface area (TPSA) is 224 Å². The van der Waals surface area contributed by atoms with Crippen LogP contribution in [0.1, 0.15) is 19.8 Å². The fraction of sp³-hybridized carbons (Fsp3) is 0.941. The summed E-state index contributed by atoms with van der Waals surface area (Å²) in [6.45, 7) is 0.456. The monoisotopic (exact) mass is 440 g/mol. The van der Waals surface area contributed by atoms with E-state index in [1.165, 1.54) is 0 Å². The van der Waals surface area contributed by atoms with Crippen molar-refractivity contribution in [1.29, 1.82) is 0 Å². The van der Waals surface area contributed by atoms with Crippen molar-refractivity contribution in [2.45, 2.75) is 87.2 Å². The van der Waals surface area contributed by atoms with Crippen molar-refractivity contribution in [3.05, 3.63) is 0 Å². The van der Waals surface area contributed by atoms with Gasteiger partial charge in [-0.2, -0.15) is 0 Å². The summed E-state index contributed by atoms with van der Waals surface area (Å²) < 4.78 is 16.1. The van der Waals surface area contributed by atoms with Crippen molar-refractivity contribution < 1.29 is 54.8 Å². The van der Waals surface area contributed by atoms with Crippen LogP contribution in [0.25, 0.3) is 0 Å². The molecular formula is C17H32N2O11. The van der Waals surface area contributed by atoms with Crippen molar-refractivity contribution in [3.8, 4) is 0 Å². The average Bonchev–Trinajstić information content (AvgIpc) is 2.73. The molecule has 2 saturated heterocycles. The smallest absolute Gasteiger partial charge is 0.238 e. The molecule has 0 aromatic rings. The van der Waals surface area contributed by atoms with Gasteiger partial charge in [0.25, 0.3) is 0 Å². The Morgan fingerprint density at radius 3 is 2.17 bits per heavy atom. The van der Waals surface area contributed by atoms with E-state index >= 15 is 0 Å². The molecule has 2 aliphatic rings. The zero-order valence-electron chi connectivity index (χ0n) is 16.5. The summed E-state index contributed by atoms with van der Waals surface area (Å²) in [4.78, 5) is 12.1. The standard InChI is InChI=1S/C17H32N2O11/c1-2-3-6(18)15(27)19-16-12(25)11(24)14(8(5-21)28-16)30-17-13(26)10(23)9(22)7(4-20)29-17/h6-14,16-17,20-26H,2-5,18H2,1H3,(H,19,27). The molecule has 30 heavy (non-hydrogen) atoms. The van der Waals surface area contributed by atoms with Crippen molar-refractivity contribution in [2.24, 2.45) is 5.73 Å². The molecule has 2 rings (SSSR count). The molecule has 13 heteroatoms. The molecule has 13 nitrogen and oxygen atoms in total. The highest BCUT2D eigenvalue weighted by molar-refractivity contribution is 5.81. The molecule has 176 valence electrons. The molecule has 0 aromatic heterocycles. The third-order valence-electron chi connectivity index (χ3n) is 5.23. The van der Waals surface area contributed by atoms with Gasteiger partial charge in [0, 0.05) is 0 Å². The zero-order valence-corrected chi connectivity index (χ0v) is 16.5. The first-order valence-corrected chi connectivity index (χ1v) is 9.80. The van der Waals surface area contributed by atoms with Crippen LogP contribution in [0.15, 0.2) is 0 Å². The second-order valence-electron chi connectivity index (χ2n) is 7.46. The number of nitrogens with two attached hydrogens (primary N) is 1. The summed E-state index contributed by atoms with van der Waals surface area (Å²) >= 11 is 0. The van der Waals surface area contributed by atoms with Gasteiger partial charge in [-0.1, -0.05) is 13.3 Å². The molecular weight excluding hydrogens is 408 g/mol. The highest BCUT2D eigenvalue weighted by atomic mass is 16.7. The fourth-order valence-corrected chi connectivity index (χ4v) is 3.40. The second-order valence-corrected chi connectivity index (χ2v) is 7.46. The van der Waals surface area contributed by atoms with Gasteiger partial charge in [-0.25, -0.2) is 0 Å². The first-order chi connectivity index (χ1) is 14.2. The van der Waals surface area contributed by atoms with E-state index in [-0.39, 0.29) is 0 Å². The lowest BCUT2D eigenvalue weighted by Crippen LogP contribution is -2.67. The minimum atomic E-state index is -1.75. The molecule has 0 aliphatic carbocycles. The average molecular weight is 440 g/mol. The molecule has 0 spiro atoms. The first kappa shape index (κ1) is 25.3. The predicted molar refractivity (Wildman–Crippen MR) is 97.4 cm³/mol. The molecule has 0 aromatic carbocycles. The number of amides is 1. The van der Waals surface area contributed by atoms with Gasteiger partial charge in [-0.15, -0.1) is 0 Å². The summed E-state index contributed by atoms with van der Waals surface area (Å²) in [7, 11) is 0. The number of rotatable bonds is 8. The lowest BCUT2D eigenvalue weighted by atomic mass is 9.96. The number of aliphatic hydroxyl groups is 7. The van der Waals surface area contributed by atoms with E-state index in [2.05, 4.69) is 5.32 Å². The summed E-state index contributed by atoms with van der Waals surface area (Å²) in [5, 5.41) is 71.8. The summed E-state index contributed by atoms with van der Waals surface area (Å²) in [5.74, 6) is -0.613. The number of hydrogen-bond donors (Lipinski definition) is 9. The van der Waals surface area contributed by atoms with Crippen molar-refractivity contribution in [1.82, 2.24) is 5.32 Å². The van der Waals surface area contributed by atoms with Gasteiger partial charge in [0.05, 0.1) is 19.3 Å². The van der Waals surface area contributed by atoms with E-state index in [4.69, 9.17) is 19.9 Å². The van der Waals surface area contributed by atoms with E-state index in [0.29, 0.717) is 12.8 Å². The van der Waals surface area contributed by atoms with Crippen LogP contribution in [-0.2, 0) is 19.0 Å². The molecule has 2 fully saturated rings. The van der Waals surface area contributed by atoms with E-state index in [9.17, 15) is 40.5 Å². The molecule has 0 saturated carbocycles. The number of nitrogens with one attached hydrogen (secondary N) is 1. The lowest BCUT2D eigenvalue weighted by molar-refractivity contribution is -0.343. The molecule has 1 amide bonds. The number of carbonyl (C=O) groups excluding carboxylic acids is 1. The molecule has 11 unspecified atom stereocenters. The lowest BCUT2D eigenvalue weighted by Gasteiger charge is -2.46. The molecule has 0 radical (unpaired) electrons. The minimum absolute atomic E-state index is 0.392. The summed E-state index contributed by atoms with van der Waals surface area (Å²) in [6, 6.07) is -0.849. The highest BCUT2D eigenvalue weighted by Crippen LogP contribution is 2.28. The van der Waals surface area contributed by atoms with Crippen molar-refractivity contribution in [3.63, 3.8) is 0 Å². The maximum Gasteiger partial charge on any atom is 0.238 e. The number of aliphatic hydroxyl groups excluding tert-OH is 7. The fourth-order valence-electron chi connectivity index (χ4n) is 3.40. The Morgan fingerprint density at radius 1 is 0.967 bits per heavy atom. The molecule has 2 heterocycles. The Morgan fingerprint density at radius 2 is 1.60 bits per heavy atom. The Hall–Kier alpha value is -0.970. The van der Waals surface area contributed by atoms with Gasteiger partial charge in [0.2, 0.25) is 5.91 Å². The van der Waals surface area contributed by atoms with Gasteiger partial charge < -0.3 is 61.0 Å². The maximum absolute atomic E-state index is 12.1. The molecule has 10 N–H and O–H groups in total. The Kier molecular flexibility index (Phi) is 9.32. The zero-order chi connectivity index (χ0) is 22.6. The number of hydrogen-bond acceptors (Lipinski definition) is 12. The normalized spacial score (nSPS) is 43.2. The largest absolute Gasteiger partial charge is 0.394 e. The summed E-state index contributed by atoms with van der Waals surface area (Å²) in [6.07, 6.45) is -14.4. The van der Waals surface area contributed by atoms with Gasteiger partial charge in [0.15, 0.2) is 12.5 Å². The van der Waals surface area contributed by atoms with Crippen LogP contribution in [0.4, 0.5) is 0 Å². The Labute approximate surface area is 173 Å². The quantitative estimate of drug-likeness (QED) is 0.173. The van der Waals surface area contributed by atoms with E-state index in [1.54, 1.807) is 0 Å².